The average molecular weight is 478 g/mol. The fourth-order valence-electron chi connectivity index (χ4n) is 7.33. The number of rotatable bonds is 3. The summed E-state index contributed by atoms with van der Waals surface area (Å²) >= 11 is 0. The second-order valence-electron chi connectivity index (χ2n) is 11.5. The van der Waals surface area contributed by atoms with E-state index >= 15 is 0 Å². The van der Waals surface area contributed by atoms with Crippen molar-refractivity contribution in [3.05, 3.63) is 64.8 Å². The predicted molar refractivity (Wildman–Crippen MR) is 146 cm³/mol. The maximum absolute atomic E-state index is 10.1. The fourth-order valence-corrected chi connectivity index (χ4v) is 7.33. The van der Waals surface area contributed by atoms with E-state index in [0.717, 1.165) is 56.2 Å². The number of furan rings is 1. The van der Waals surface area contributed by atoms with Gasteiger partial charge in [0.25, 0.3) is 0 Å². The molecule has 2 aromatic heterocycles. The van der Waals surface area contributed by atoms with Crippen molar-refractivity contribution >= 4 is 21.9 Å². The number of aryl methyl sites for hydroxylation is 3. The Morgan fingerprint density at radius 1 is 0.806 bits per heavy atom. The number of fused-ring (bicyclic) bond motifs is 3. The normalized spacial score (nSPS) is 21.2. The molecule has 0 saturated heterocycles. The standard InChI is InChI=1S/C33H37N2O/c1-21-9-18-29(35(3)20-21)30-22(2)10-16-27-28-17-15-26(19-34)31(33(28)36-32(27)30)25-13-11-24(12-14-25)23-7-5-4-6-8-23/h9-10,15-18,20,23-25H,4-8,11-14H2,1-3H3/q+1. The van der Waals surface area contributed by atoms with Gasteiger partial charge in [-0.15, -0.1) is 0 Å². The summed E-state index contributed by atoms with van der Waals surface area (Å²) in [7, 11) is 2.10. The zero-order valence-electron chi connectivity index (χ0n) is 21.9. The van der Waals surface area contributed by atoms with Gasteiger partial charge in [-0.05, 0) is 81.0 Å². The molecule has 184 valence electrons. The Morgan fingerprint density at radius 2 is 1.50 bits per heavy atom. The molecule has 2 fully saturated rings. The molecule has 0 aliphatic heterocycles. The zero-order valence-corrected chi connectivity index (χ0v) is 21.9. The highest BCUT2D eigenvalue weighted by Gasteiger charge is 2.32. The molecule has 0 bridgehead atoms. The number of nitrogens with zero attached hydrogens (tertiary/aromatic N) is 2. The van der Waals surface area contributed by atoms with Crippen LogP contribution in [0.25, 0.3) is 33.2 Å². The van der Waals surface area contributed by atoms with Crippen molar-refractivity contribution in [3.8, 4) is 17.3 Å². The van der Waals surface area contributed by atoms with E-state index in [9.17, 15) is 5.26 Å². The van der Waals surface area contributed by atoms with E-state index < -0.39 is 0 Å². The first kappa shape index (κ1) is 23.3. The molecule has 0 unspecified atom stereocenters. The van der Waals surface area contributed by atoms with Crippen LogP contribution < -0.4 is 4.57 Å². The van der Waals surface area contributed by atoms with Gasteiger partial charge in [-0.1, -0.05) is 44.2 Å². The lowest BCUT2D eigenvalue weighted by molar-refractivity contribution is -0.660. The summed E-state index contributed by atoms with van der Waals surface area (Å²) in [5.74, 6) is 2.21. The molecule has 2 aliphatic carbocycles. The SMILES string of the molecule is Cc1ccc(-c2c(C)ccc3c2oc2c(C4CCC(C5CCCCC5)CC4)c(C#N)ccc23)[n+](C)c1. The van der Waals surface area contributed by atoms with Crippen molar-refractivity contribution in [2.75, 3.05) is 0 Å². The average Bonchev–Trinajstić information content (AvgIpc) is 3.28. The third kappa shape index (κ3) is 3.92. The van der Waals surface area contributed by atoms with Crippen LogP contribution in [-0.2, 0) is 7.05 Å². The van der Waals surface area contributed by atoms with E-state index in [1.807, 2.05) is 6.07 Å². The summed E-state index contributed by atoms with van der Waals surface area (Å²) in [6.07, 6.45) is 14.2. The van der Waals surface area contributed by atoms with Crippen molar-refractivity contribution in [1.82, 2.24) is 0 Å². The Balaban J connectivity index is 1.45. The van der Waals surface area contributed by atoms with E-state index in [0.29, 0.717) is 5.92 Å². The quantitative estimate of drug-likeness (QED) is 0.278. The predicted octanol–water partition coefficient (Wildman–Crippen LogP) is 8.42. The van der Waals surface area contributed by atoms with Gasteiger partial charge in [-0.3, -0.25) is 0 Å². The highest BCUT2D eigenvalue weighted by molar-refractivity contribution is 6.11. The maximum atomic E-state index is 10.1. The van der Waals surface area contributed by atoms with E-state index in [1.165, 1.54) is 68.9 Å². The Labute approximate surface area is 214 Å². The smallest absolute Gasteiger partial charge is 0.216 e. The van der Waals surface area contributed by atoms with Crippen molar-refractivity contribution < 1.29 is 8.98 Å². The highest BCUT2D eigenvalue weighted by Crippen LogP contribution is 2.47. The minimum atomic E-state index is 0.406. The molecule has 2 aromatic carbocycles. The molecule has 0 amide bonds. The number of pyridine rings is 1. The lowest BCUT2D eigenvalue weighted by Crippen LogP contribution is -2.31. The molecular weight excluding hydrogens is 440 g/mol. The number of hydrogen-bond donors (Lipinski definition) is 0. The van der Waals surface area contributed by atoms with Crippen molar-refractivity contribution in [1.29, 1.82) is 5.26 Å². The van der Waals surface area contributed by atoms with Crippen LogP contribution in [0.3, 0.4) is 0 Å². The van der Waals surface area contributed by atoms with E-state index in [1.54, 1.807) is 0 Å². The molecule has 3 heteroatoms. The van der Waals surface area contributed by atoms with Gasteiger partial charge in [0.1, 0.15) is 18.2 Å². The van der Waals surface area contributed by atoms with Gasteiger partial charge in [0.05, 0.1) is 17.2 Å². The lowest BCUT2D eigenvalue weighted by Gasteiger charge is -2.36. The summed E-state index contributed by atoms with van der Waals surface area (Å²) in [5.41, 5.74) is 8.57. The Kier molecular flexibility index (Phi) is 6.08. The van der Waals surface area contributed by atoms with Crippen LogP contribution in [0.5, 0.6) is 0 Å². The topological polar surface area (TPSA) is 40.8 Å². The number of aromatic nitrogens is 1. The molecule has 2 saturated carbocycles. The number of hydrogen-bond acceptors (Lipinski definition) is 2. The highest BCUT2D eigenvalue weighted by atomic mass is 16.3. The van der Waals surface area contributed by atoms with Gasteiger partial charge in [0.2, 0.25) is 5.69 Å². The van der Waals surface area contributed by atoms with Crippen molar-refractivity contribution in [2.24, 2.45) is 18.9 Å². The summed E-state index contributed by atoms with van der Waals surface area (Å²) < 4.78 is 9.00. The van der Waals surface area contributed by atoms with Crippen LogP contribution in [0.2, 0.25) is 0 Å². The van der Waals surface area contributed by atoms with Gasteiger partial charge in [0, 0.05) is 28.0 Å². The lowest BCUT2D eigenvalue weighted by atomic mass is 9.69. The van der Waals surface area contributed by atoms with Gasteiger partial charge in [0.15, 0.2) is 6.20 Å². The van der Waals surface area contributed by atoms with Gasteiger partial charge < -0.3 is 4.42 Å². The molecule has 2 heterocycles. The minimum absolute atomic E-state index is 0.406. The van der Waals surface area contributed by atoms with Crippen LogP contribution in [0.4, 0.5) is 0 Å². The molecule has 36 heavy (non-hydrogen) atoms. The maximum Gasteiger partial charge on any atom is 0.216 e. The first-order chi connectivity index (χ1) is 17.5. The molecular formula is C33H37N2O+. The van der Waals surface area contributed by atoms with Crippen LogP contribution >= 0.6 is 0 Å². The second-order valence-corrected chi connectivity index (χ2v) is 11.5. The van der Waals surface area contributed by atoms with E-state index in [4.69, 9.17) is 4.42 Å². The second kappa shape index (κ2) is 9.40. The van der Waals surface area contributed by atoms with Crippen molar-refractivity contribution in [2.45, 2.75) is 77.6 Å². The molecule has 0 spiro atoms. The molecule has 3 nitrogen and oxygen atoms in total. The summed E-state index contributed by atoms with van der Waals surface area (Å²) in [5, 5.41) is 12.4. The summed E-state index contributed by atoms with van der Waals surface area (Å²) in [6, 6.07) is 15.4. The summed E-state index contributed by atoms with van der Waals surface area (Å²) in [6.45, 7) is 4.28. The first-order valence-electron chi connectivity index (χ1n) is 13.9. The van der Waals surface area contributed by atoms with Crippen molar-refractivity contribution in [3.63, 3.8) is 0 Å². The number of nitriles is 1. The third-order valence-electron chi connectivity index (χ3n) is 9.21. The van der Waals surface area contributed by atoms with Gasteiger partial charge >= 0.3 is 0 Å². The molecule has 6 rings (SSSR count). The van der Waals surface area contributed by atoms with Crippen LogP contribution in [-0.4, -0.2) is 0 Å². The molecule has 0 N–H and O–H groups in total. The third-order valence-corrected chi connectivity index (χ3v) is 9.21. The largest absolute Gasteiger partial charge is 0.455 e. The Morgan fingerprint density at radius 3 is 2.22 bits per heavy atom. The molecule has 2 aliphatic rings. The number of benzene rings is 2. The minimum Gasteiger partial charge on any atom is -0.455 e. The Bertz CT molecular complexity index is 1470. The van der Waals surface area contributed by atoms with E-state index in [-0.39, 0.29) is 0 Å². The van der Waals surface area contributed by atoms with Crippen LogP contribution in [0.1, 0.15) is 86.0 Å². The van der Waals surface area contributed by atoms with Gasteiger partial charge in [-0.2, -0.15) is 5.26 Å². The Hall–Kier alpha value is -3.12. The monoisotopic (exact) mass is 477 g/mol. The van der Waals surface area contributed by atoms with Gasteiger partial charge in [-0.25, -0.2) is 4.57 Å². The molecule has 4 aromatic rings. The zero-order chi connectivity index (χ0) is 24.8. The molecule has 0 radical (unpaired) electrons. The first-order valence-corrected chi connectivity index (χ1v) is 13.9. The molecule has 0 atom stereocenters. The fraction of sp³-hybridized carbons (Fsp3) is 0.455. The van der Waals surface area contributed by atoms with E-state index in [2.05, 4.69) is 68.1 Å². The summed E-state index contributed by atoms with van der Waals surface area (Å²) in [4.78, 5) is 0. The van der Waals surface area contributed by atoms with Crippen LogP contribution in [0, 0.1) is 37.0 Å². The van der Waals surface area contributed by atoms with Crippen LogP contribution in [0.15, 0.2) is 47.0 Å².